The Morgan fingerprint density at radius 3 is 1.49 bits per heavy atom. The minimum absolute atomic E-state index is 0.444. The minimum atomic E-state index is -0.565. The second-order valence-corrected chi connectivity index (χ2v) is 17.7. The number of anilines is 3. The van der Waals surface area contributed by atoms with Gasteiger partial charge >= 0.3 is 0 Å². The molecule has 0 saturated heterocycles. The first kappa shape index (κ1) is 41.4. The molecule has 10 aromatic carbocycles. The molecular formula is C66H47N3. The molecule has 1 aliphatic carbocycles. The third-order valence-corrected chi connectivity index (χ3v) is 13.8. The smallest absolute Gasteiger partial charge is 0.0714 e. The summed E-state index contributed by atoms with van der Waals surface area (Å²) in [4.78, 5) is 2.40. The number of rotatable bonds is 10. The molecule has 3 nitrogen and oxygen atoms in total. The lowest BCUT2D eigenvalue weighted by molar-refractivity contribution is 0.768. The molecule has 0 amide bonds. The zero-order valence-electron chi connectivity index (χ0n) is 37.9. The van der Waals surface area contributed by atoms with Crippen molar-refractivity contribution in [2.24, 2.45) is 0 Å². The summed E-state index contributed by atoms with van der Waals surface area (Å²) >= 11 is 0. The van der Waals surface area contributed by atoms with Crippen molar-refractivity contribution in [1.82, 2.24) is 5.32 Å². The van der Waals surface area contributed by atoms with Crippen molar-refractivity contribution < 1.29 is 0 Å². The van der Waals surface area contributed by atoms with E-state index in [9.17, 15) is 5.41 Å². The summed E-state index contributed by atoms with van der Waals surface area (Å²) in [6.07, 6.45) is 2.24. The molecule has 0 atom stereocenters. The average Bonchev–Trinajstić information content (AvgIpc) is 3.73. The number of fused-ring (bicyclic) bond motifs is 4. The Morgan fingerprint density at radius 1 is 0.377 bits per heavy atom. The van der Waals surface area contributed by atoms with Crippen molar-refractivity contribution in [2.75, 3.05) is 4.90 Å². The highest BCUT2D eigenvalue weighted by Gasteiger charge is 2.46. The van der Waals surface area contributed by atoms with Crippen LogP contribution in [0.2, 0.25) is 0 Å². The van der Waals surface area contributed by atoms with E-state index in [1.165, 1.54) is 38.9 Å². The molecular weight excluding hydrogens is 835 g/mol. The van der Waals surface area contributed by atoms with Gasteiger partial charge in [-0.1, -0.05) is 231 Å². The van der Waals surface area contributed by atoms with Crippen LogP contribution in [0.5, 0.6) is 0 Å². The van der Waals surface area contributed by atoms with Crippen LogP contribution in [0.3, 0.4) is 0 Å². The second kappa shape index (κ2) is 17.6. The maximum Gasteiger partial charge on any atom is 0.0714 e. The van der Waals surface area contributed by atoms with Crippen LogP contribution >= 0.6 is 0 Å². The molecule has 0 radical (unpaired) electrons. The first-order valence-corrected chi connectivity index (χ1v) is 23.6. The number of nitrogens with zero attached hydrogens (tertiary/aromatic N) is 1. The lowest BCUT2D eigenvalue weighted by Gasteiger charge is -2.35. The molecule has 1 aliphatic heterocycles. The van der Waals surface area contributed by atoms with Crippen LogP contribution in [0.1, 0.15) is 50.1 Å². The van der Waals surface area contributed by atoms with Crippen molar-refractivity contribution in [3.05, 3.63) is 317 Å². The van der Waals surface area contributed by atoms with Gasteiger partial charge in [-0.25, -0.2) is 0 Å². The topological polar surface area (TPSA) is 39.1 Å². The van der Waals surface area contributed by atoms with Crippen molar-refractivity contribution in [3.63, 3.8) is 0 Å². The lowest BCUT2D eigenvalue weighted by atomic mass is 9.67. The van der Waals surface area contributed by atoms with Gasteiger partial charge in [0.2, 0.25) is 0 Å². The molecule has 0 unspecified atom stereocenters. The van der Waals surface area contributed by atoms with Gasteiger partial charge < -0.3 is 10.2 Å². The fourth-order valence-electron chi connectivity index (χ4n) is 10.6. The van der Waals surface area contributed by atoms with Gasteiger partial charge in [-0.3, -0.25) is 5.41 Å². The zero-order chi connectivity index (χ0) is 46.2. The number of hydrogen-bond acceptors (Lipinski definition) is 3. The Balaban J connectivity index is 1.11. The maximum atomic E-state index is 9.95. The normalized spacial score (nSPS) is 13.8. The quantitative estimate of drug-likeness (QED) is 0.134. The van der Waals surface area contributed by atoms with Gasteiger partial charge in [0.25, 0.3) is 0 Å². The predicted molar refractivity (Wildman–Crippen MR) is 288 cm³/mol. The van der Waals surface area contributed by atoms with Crippen LogP contribution < -0.4 is 10.2 Å². The fourth-order valence-corrected chi connectivity index (χ4v) is 10.6. The van der Waals surface area contributed by atoms with Gasteiger partial charge in [-0.15, -0.1) is 0 Å². The highest BCUT2D eigenvalue weighted by molar-refractivity contribution is 6.36. The van der Waals surface area contributed by atoms with E-state index in [0.717, 1.165) is 67.4 Å². The summed E-state index contributed by atoms with van der Waals surface area (Å²) in [7, 11) is 0. The lowest BCUT2D eigenvalue weighted by Crippen LogP contribution is -2.28. The standard InChI is InChI=1S/C66H47N3/c67-64(50-27-13-4-14-28-50)63(49-25-11-3-12-26-49)65-59-44-55(40-37-51(59)43-62(68-65)48-23-9-2-10-24-48)69(54-38-35-47(36-39-54)46-21-7-1-8-22-46)56-41-42-58-57-33-19-20-34-60(57)66(61(58)45-56,52-29-15-5-16-30-52)53-31-17-6-18-32-53/h1-45,67-68H/b65-63-,67-64?. The SMILES string of the molecule is N=C(/C(=C1\NC(c2ccccc2)=Cc2ccc(N(c3ccc(-c4ccccc4)cc3)c3ccc4c(c3)C(c3ccccc3)(c3ccccc3)c3ccccc3-4)cc21)c1ccccc1)c1ccccc1. The third-order valence-electron chi connectivity index (χ3n) is 13.8. The van der Waals surface area contributed by atoms with Crippen molar-refractivity contribution in [1.29, 1.82) is 5.41 Å². The number of nitrogens with one attached hydrogen (secondary N) is 2. The van der Waals surface area contributed by atoms with Crippen LogP contribution in [0, 0.1) is 5.41 Å². The summed E-state index contributed by atoms with van der Waals surface area (Å²) < 4.78 is 0. The zero-order valence-corrected chi connectivity index (χ0v) is 37.9. The van der Waals surface area contributed by atoms with E-state index in [1.807, 2.05) is 42.5 Å². The van der Waals surface area contributed by atoms with Crippen molar-refractivity contribution in [2.45, 2.75) is 5.41 Å². The average molecular weight is 882 g/mol. The molecule has 0 saturated carbocycles. The number of allylic oxidation sites excluding steroid dienone is 1. The Bertz CT molecular complexity index is 3510. The minimum Gasteiger partial charge on any atom is -0.354 e. The molecule has 69 heavy (non-hydrogen) atoms. The molecule has 1 heterocycles. The van der Waals surface area contributed by atoms with Gasteiger partial charge in [0.15, 0.2) is 0 Å². The maximum absolute atomic E-state index is 9.95. The monoisotopic (exact) mass is 881 g/mol. The van der Waals surface area contributed by atoms with E-state index in [-0.39, 0.29) is 0 Å². The van der Waals surface area contributed by atoms with Gasteiger partial charge in [0.05, 0.1) is 16.8 Å². The van der Waals surface area contributed by atoms with E-state index >= 15 is 0 Å². The Hall–Kier alpha value is -9.05. The van der Waals surface area contributed by atoms with Crippen LogP contribution in [-0.4, -0.2) is 5.71 Å². The van der Waals surface area contributed by atoms with Crippen molar-refractivity contribution >= 4 is 45.8 Å². The molecule has 2 aliphatic rings. The third kappa shape index (κ3) is 7.29. The number of hydrogen-bond donors (Lipinski definition) is 2. The largest absolute Gasteiger partial charge is 0.354 e. The summed E-state index contributed by atoms with van der Waals surface area (Å²) in [6.45, 7) is 0. The molecule has 3 heteroatoms. The van der Waals surface area contributed by atoms with E-state index in [1.54, 1.807) is 0 Å². The molecule has 0 spiro atoms. The van der Waals surface area contributed by atoms with Crippen LogP contribution in [0.4, 0.5) is 17.1 Å². The first-order valence-electron chi connectivity index (χ1n) is 23.6. The van der Waals surface area contributed by atoms with Crippen molar-refractivity contribution in [3.8, 4) is 22.3 Å². The van der Waals surface area contributed by atoms with E-state index < -0.39 is 5.41 Å². The van der Waals surface area contributed by atoms with Crippen LogP contribution in [-0.2, 0) is 5.41 Å². The number of benzene rings is 10. The molecule has 2 N–H and O–H groups in total. The summed E-state index contributed by atoms with van der Waals surface area (Å²) in [5, 5.41) is 13.9. The van der Waals surface area contributed by atoms with Gasteiger partial charge in [-0.2, -0.15) is 0 Å². The highest BCUT2D eigenvalue weighted by atomic mass is 15.1. The van der Waals surface area contributed by atoms with E-state index in [2.05, 4.69) is 241 Å². The Morgan fingerprint density at radius 2 is 0.855 bits per heavy atom. The van der Waals surface area contributed by atoms with Gasteiger partial charge in [0, 0.05) is 39.5 Å². The summed E-state index contributed by atoms with van der Waals surface area (Å²) in [5.41, 5.74) is 20.4. The van der Waals surface area contributed by atoms with E-state index in [4.69, 9.17) is 0 Å². The van der Waals surface area contributed by atoms with Gasteiger partial charge in [0.1, 0.15) is 0 Å². The highest BCUT2D eigenvalue weighted by Crippen LogP contribution is 2.57. The summed E-state index contributed by atoms with van der Waals surface area (Å²) in [6, 6.07) is 95.2. The molecule has 326 valence electrons. The molecule has 0 fully saturated rings. The molecule has 12 rings (SSSR count). The predicted octanol–water partition coefficient (Wildman–Crippen LogP) is 16.2. The van der Waals surface area contributed by atoms with Gasteiger partial charge in [-0.05, 0) is 104 Å². The van der Waals surface area contributed by atoms with Crippen LogP contribution in [0.25, 0.3) is 45.3 Å². The Labute approximate surface area is 404 Å². The first-order chi connectivity index (χ1) is 34.1. The molecule has 10 aromatic rings. The molecule has 0 bridgehead atoms. The van der Waals surface area contributed by atoms with E-state index in [0.29, 0.717) is 5.71 Å². The van der Waals surface area contributed by atoms with Crippen LogP contribution in [0.15, 0.2) is 267 Å². The second-order valence-electron chi connectivity index (χ2n) is 17.7. The summed E-state index contributed by atoms with van der Waals surface area (Å²) in [5.74, 6) is 0. The Kier molecular flexibility index (Phi) is 10.6. The fraction of sp³-hybridized carbons (Fsp3) is 0.0152. The molecule has 0 aromatic heterocycles.